The zero-order chi connectivity index (χ0) is 18.8. The van der Waals surface area contributed by atoms with Crippen molar-refractivity contribution in [3.05, 3.63) is 24.0 Å². The topological polar surface area (TPSA) is 118 Å². The Morgan fingerprint density at radius 3 is 2.42 bits per heavy atom. The third-order valence-electron chi connectivity index (χ3n) is 4.39. The molecule has 7 nitrogen and oxygen atoms in total. The Kier molecular flexibility index (Phi) is 7.85. The fourth-order valence-corrected chi connectivity index (χ4v) is 4.82. The molecule has 4 N–H and O–H groups in total. The molecule has 1 fully saturated rings. The van der Waals surface area contributed by atoms with Gasteiger partial charge >= 0.3 is 0 Å². The second-order valence-corrected chi connectivity index (χ2v) is 10.4. The largest absolute Gasteiger partial charge is 0.330 e. The second-order valence-electron chi connectivity index (χ2n) is 6.49. The maximum atomic E-state index is 14.2. The first-order valence-electron chi connectivity index (χ1n) is 8.10. The predicted octanol–water partition coefficient (Wildman–Crippen LogP) is 1.80. The fraction of sp³-hybridized carbons (Fsp3) is 0.600. The smallest absolute Gasteiger partial charge is 0.240 e. The van der Waals surface area contributed by atoms with Gasteiger partial charge in [-0.15, -0.1) is 12.4 Å². The van der Waals surface area contributed by atoms with Crippen molar-refractivity contribution in [3.8, 4) is 0 Å². The summed E-state index contributed by atoms with van der Waals surface area (Å²) >= 11 is 0. The molecule has 0 spiro atoms. The molecule has 2 rings (SSSR count). The van der Waals surface area contributed by atoms with Crippen molar-refractivity contribution in [1.82, 2.24) is 4.72 Å². The van der Waals surface area contributed by atoms with Gasteiger partial charge in [-0.1, -0.05) is 6.42 Å². The number of benzene rings is 1. The first-order chi connectivity index (χ1) is 11.6. The van der Waals surface area contributed by atoms with Crippen LogP contribution in [0.25, 0.3) is 0 Å². The van der Waals surface area contributed by atoms with Crippen molar-refractivity contribution in [2.45, 2.75) is 49.3 Å². The molecule has 0 aliphatic heterocycles. The monoisotopic (exact) mass is 429 g/mol. The molecule has 1 aliphatic carbocycles. The summed E-state index contributed by atoms with van der Waals surface area (Å²) in [4.78, 5) is -0.250. The minimum Gasteiger partial charge on any atom is -0.330 e. The van der Waals surface area contributed by atoms with Crippen LogP contribution >= 0.6 is 12.4 Å². The Hall–Kier alpha value is -0.940. The van der Waals surface area contributed by atoms with Crippen LogP contribution in [-0.4, -0.2) is 34.7 Å². The molecule has 150 valence electrons. The van der Waals surface area contributed by atoms with Crippen molar-refractivity contribution in [3.63, 3.8) is 0 Å². The van der Waals surface area contributed by atoms with Crippen molar-refractivity contribution < 1.29 is 21.2 Å². The van der Waals surface area contributed by atoms with E-state index in [2.05, 4.69) is 9.44 Å². The molecule has 11 heteroatoms. The first-order valence-corrected chi connectivity index (χ1v) is 11.1. The van der Waals surface area contributed by atoms with E-state index in [1.165, 1.54) is 19.9 Å². The molecule has 1 aromatic rings. The highest BCUT2D eigenvalue weighted by Crippen LogP contribution is 2.27. The lowest BCUT2D eigenvalue weighted by Crippen LogP contribution is -2.39. The molecular weight excluding hydrogens is 405 g/mol. The van der Waals surface area contributed by atoms with Crippen molar-refractivity contribution in [2.75, 3.05) is 11.3 Å². The standard InChI is InChI=1S/C15H24FN3O4S2.ClH/c1-10(2)24(20,21)19-15-7-6-12(8-13(15)16)25(22,23)18-14-5-3-4-11(14)9-17;/h6-8,10-11,14,18-19H,3-5,9,17H2,1-2H3;1H. The van der Waals surface area contributed by atoms with Crippen LogP contribution < -0.4 is 15.2 Å². The zero-order valence-electron chi connectivity index (χ0n) is 14.6. The predicted molar refractivity (Wildman–Crippen MR) is 102 cm³/mol. The summed E-state index contributed by atoms with van der Waals surface area (Å²) in [6.45, 7) is 3.30. The summed E-state index contributed by atoms with van der Waals surface area (Å²) in [6.07, 6.45) is 2.43. The van der Waals surface area contributed by atoms with Crippen LogP contribution in [0.1, 0.15) is 33.1 Å². The first kappa shape index (κ1) is 23.1. The maximum Gasteiger partial charge on any atom is 0.240 e. The quantitative estimate of drug-likeness (QED) is 0.610. The molecule has 0 radical (unpaired) electrons. The highest BCUT2D eigenvalue weighted by molar-refractivity contribution is 7.93. The summed E-state index contributed by atoms with van der Waals surface area (Å²) in [7, 11) is -7.63. The van der Waals surface area contributed by atoms with Crippen LogP contribution in [0.15, 0.2) is 23.1 Å². The van der Waals surface area contributed by atoms with Crippen LogP contribution in [0, 0.1) is 11.7 Å². The lowest BCUT2D eigenvalue weighted by molar-refractivity contribution is 0.452. The molecule has 0 amide bonds. The Bertz CT molecular complexity index is 831. The van der Waals surface area contributed by atoms with E-state index < -0.39 is 31.1 Å². The van der Waals surface area contributed by atoms with Crippen LogP contribution in [0.3, 0.4) is 0 Å². The molecule has 0 bridgehead atoms. The summed E-state index contributed by atoms with van der Waals surface area (Å²) in [5, 5.41) is -0.743. The number of sulfonamides is 2. The van der Waals surface area contributed by atoms with Crippen LogP contribution in [0.2, 0.25) is 0 Å². The summed E-state index contributed by atoms with van der Waals surface area (Å²) in [5.41, 5.74) is 5.36. The minimum atomic E-state index is -3.91. The van der Waals surface area contributed by atoms with Crippen molar-refractivity contribution in [1.29, 1.82) is 0 Å². The van der Waals surface area contributed by atoms with E-state index in [0.717, 1.165) is 25.0 Å². The van der Waals surface area contributed by atoms with Gasteiger partial charge in [-0.2, -0.15) is 0 Å². The molecule has 26 heavy (non-hydrogen) atoms. The highest BCUT2D eigenvalue weighted by atomic mass is 35.5. The lowest BCUT2D eigenvalue weighted by Gasteiger charge is -2.19. The van der Waals surface area contributed by atoms with Crippen LogP contribution in [0.5, 0.6) is 0 Å². The maximum absolute atomic E-state index is 14.2. The van der Waals surface area contributed by atoms with E-state index in [-0.39, 0.29) is 34.9 Å². The van der Waals surface area contributed by atoms with E-state index in [0.29, 0.717) is 13.0 Å². The normalized spacial score (nSPS) is 20.8. The van der Waals surface area contributed by atoms with Crippen molar-refractivity contribution >= 4 is 38.1 Å². The van der Waals surface area contributed by atoms with Crippen LogP contribution in [0.4, 0.5) is 10.1 Å². The molecule has 0 aromatic heterocycles. The van der Waals surface area contributed by atoms with Gasteiger partial charge in [0.05, 0.1) is 15.8 Å². The van der Waals surface area contributed by atoms with E-state index in [1.54, 1.807) is 0 Å². The van der Waals surface area contributed by atoms with Gasteiger partial charge in [-0.25, -0.2) is 25.9 Å². The van der Waals surface area contributed by atoms with Gasteiger partial charge in [0, 0.05) is 6.04 Å². The second kappa shape index (κ2) is 8.83. The Morgan fingerprint density at radius 2 is 1.88 bits per heavy atom. The summed E-state index contributed by atoms with van der Waals surface area (Å²) in [5.74, 6) is -0.884. The number of anilines is 1. The summed E-state index contributed by atoms with van der Waals surface area (Å²) in [6, 6.07) is 2.83. The number of hydrogen-bond acceptors (Lipinski definition) is 5. The molecule has 0 heterocycles. The number of halogens is 2. The zero-order valence-corrected chi connectivity index (χ0v) is 17.1. The average molecular weight is 430 g/mol. The molecule has 1 saturated carbocycles. The van der Waals surface area contributed by atoms with Gasteiger partial charge < -0.3 is 5.73 Å². The van der Waals surface area contributed by atoms with Crippen molar-refractivity contribution in [2.24, 2.45) is 11.7 Å². The Balaban J connectivity index is 0.00000338. The minimum absolute atomic E-state index is 0. The van der Waals surface area contributed by atoms with Gasteiger partial charge in [0.25, 0.3) is 0 Å². The third kappa shape index (κ3) is 5.29. The summed E-state index contributed by atoms with van der Waals surface area (Å²) < 4.78 is 67.4. The molecule has 1 aromatic carbocycles. The van der Waals surface area contributed by atoms with Gasteiger partial charge in [0.1, 0.15) is 5.82 Å². The molecule has 0 saturated heterocycles. The van der Waals surface area contributed by atoms with E-state index in [9.17, 15) is 21.2 Å². The molecular formula is C15H25ClFN3O4S2. The molecule has 2 unspecified atom stereocenters. The molecule has 1 aliphatic rings. The van der Waals surface area contributed by atoms with E-state index in [1.807, 2.05) is 0 Å². The lowest BCUT2D eigenvalue weighted by atomic mass is 10.1. The fourth-order valence-electron chi connectivity index (χ4n) is 2.76. The number of hydrogen-bond donors (Lipinski definition) is 3. The third-order valence-corrected chi connectivity index (χ3v) is 7.63. The van der Waals surface area contributed by atoms with Gasteiger partial charge in [0.15, 0.2) is 0 Å². The highest BCUT2D eigenvalue weighted by Gasteiger charge is 2.30. The number of nitrogens with two attached hydrogens (primary N) is 1. The molecule has 2 atom stereocenters. The number of rotatable bonds is 7. The van der Waals surface area contributed by atoms with E-state index in [4.69, 9.17) is 5.73 Å². The SMILES string of the molecule is CC(C)S(=O)(=O)Nc1ccc(S(=O)(=O)NC2CCCC2CN)cc1F.Cl. The van der Waals surface area contributed by atoms with Gasteiger partial charge in [-0.05, 0) is 57.4 Å². The van der Waals surface area contributed by atoms with Gasteiger partial charge in [-0.3, -0.25) is 4.72 Å². The van der Waals surface area contributed by atoms with Gasteiger partial charge in [0.2, 0.25) is 20.0 Å². The Morgan fingerprint density at radius 1 is 1.23 bits per heavy atom. The van der Waals surface area contributed by atoms with E-state index >= 15 is 0 Å². The van der Waals surface area contributed by atoms with Crippen LogP contribution in [-0.2, 0) is 20.0 Å². The average Bonchev–Trinajstić information content (AvgIpc) is 2.95. The Labute approximate surface area is 160 Å². The number of nitrogens with one attached hydrogen (secondary N) is 2.